The van der Waals surface area contributed by atoms with Crippen LogP contribution in [0.25, 0.3) is 11.3 Å². The van der Waals surface area contributed by atoms with Gasteiger partial charge in [0.25, 0.3) is 0 Å². The van der Waals surface area contributed by atoms with Gasteiger partial charge in [-0.15, -0.1) is 10.2 Å². The molecule has 1 spiro atoms. The van der Waals surface area contributed by atoms with Crippen molar-refractivity contribution < 1.29 is 4.74 Å². The van der Waals surface area contributed by atoms with Gasteiger partial charge in [-0.2, -0.15) is 0 Å². The molecule has 2 atom stereocenters. The van der Waals surface area contributed by atoms with Crippen molar-refractivity contribution in [2.45, 2.75) is 24.8 Å². The summed E-state index contributed by atoms with van der Waals surface area (Å²) in [5.74, 6) is 1.39. The van der Waals surface area contributed by atoms with Crippen molar-refractivity contribution in [2.75, 3.05) is 31.1 Å². The molecule has 4 aliphatic rings. The number of nitrogens with zero attached hydrogens (tertiary/aromatic N) is 4. The first-order valence-electron chi connectivity index (χ1n) is 9.05. The molecule has 4 aliphatic heterocycles. The van der Waals surface area contributed by atoms with Gasteiger partial charge in [-0.25, -0.2) is 0 Å². The van der Waals surface area contributed by atoms with Gasteiger partial charge in [-0.05, 0) is 44.0 Å². The highest BCUT2D eigenvalue weighted by molar-refractivity contribution is 5.59. The minimum atomic E-state index is -0.447. The van der Waals surface area contributed by atoms with Crippen molar-refractivity contribution in [3.63, 3.8) is 0 Å². The van der Waals surface area contributed by atoms with E-state index in [1.165, 1.54) is 25.9 Å². The van der Waals surface area contributed by atoms with Crippen molar-refractivity contribution >= 4 is 5.82 Å². The summed E-state index contributed by atoms with van der Waals surface area (Å²) < 4.78 is 6.30. The van der Waals surface area contributed by atoms with E-state index < -0.39 is 6.35 Å². The number of anilines is 1. The average molecular weight is 337 g/mol. The highest BCUT2D eigenvalue weighted by atomic mass is 16.6. The first kappa shape index (κ1) is 15.3. The van der Waals surface area contributed by atoms with E-state index in [0.717, 1.165) is 30.2 Å². The molecule has 6 heteroatoms. The first-order valence-corrected chi connectivity index (χ1v) is 9.05. The monoisotopic (exact) mass is 337 g/mol. The molecule has 25 heavy (non-hydrogen) atoms. The Balaban J connectivity index is 1.39. The van der Waals surface area contributed by atoms with E-state index in [0.29, 0.717) is 5.92 Å². The quantitative estimate of drug-likeness (QED) is 0.899. The fourth-order valence-electron chi connectivity index (χ4n) is 4.61. The predicted molar refractivity (Wildman–Crippen MR) is 95.8 cm³/mol. The van der Waals surface area contributed by atoms with Gasteiger partial charge in [0, 0.05) is 12.1 Å². The van der Waals surface area contributed by atoms with Crippen LogP contribution in [0.2, 0.25) is 0 Å². The molecular formula is C19H23N5O. The molecule has 0 radical (unpaired) electrons. The lowest BCUT2D eigenvalue weighted by molar-refractivity contribution is -0.137. The molecule has 6 nitrogen and oxygen atoms in total. The van der Waals surface area contributed by atoms with Crippen molar-refractivity contribution in [3.05, 3.63) is 42.5 Å². The summed E-state index contributed by atoms with van der Waals surface area (Å²) in [5, 5.41) is 8.83. The molecule has 2 aromatic rings. The number of ether oxygens (including phenoxy) is 1. The van der Waals surface area contributed by atoms with E-state index in [-0.39, 0.29) is 5.60 Å². The second kappa shape index (κ2) is 5.76. The van der Waals surface area contributed by atoms with Crippen molar-refractivity contribution in [2.24, 2.45) is 11.7 Å². The molecule has 1 aromatic carbocycles. The van der Waals surface area contributed by atoms with Gasteiger partial charge in [0.15, 0.2) is 12.2 Å². The SMILES string of the molecule is NC1OC2(CN3CCC2CC3)CN1c1ccc(-c2ccccc2)nn1. The smallest absolute Gasteiger partial charge is 0.186 e. The summed E-state index contributed by atoms with van der Waals surface area (Å²) in [4.78, 5) is 4.56. The molecule has 1 aromatic heterocycles. The maximum absolute atomic E-state index is 6.31. The molecule has 2 unspecified atom stereocenters. The summed E-state index contributed by atoms with van der Waals surface area (Å²) in [5.41, 5.74) is 8.11. The van der Waals surface area contributed by atoms with Gasteiger partial charge in [0.1, 0.15) is 5.60 Å². The lowest BCUT2D eigenvalue weighted by atomic mass is 9.75. The van der Waals surface area contributed by atoms with Crippen LogP contribution in [-0.2, 0) is 4.74 Å². The zero-order chi connectivity index (χ0) is 16.9. The van der Waals surface area contributed by atoms with Crippen molar-refractivity contribution in [3.8, 4) is 11.3 Å². The Hall–Kier alpha value is -2.02. The van der Waals surface area contributed by atoms with E-state index in [9.17, 15) is 0 Å². The maximum atomic E-state index is 6.31. The molecule has 5 heterocycles. The third kappa shape index (κ3) is 2.52. The fourth-order valence-corrected chi connectivity index (χ4v) is 4.61. The molecular weight excluding hydrogens is 314 g/mol. The van der Waals surface area contributed by atoms with Gasteiger partial charge < -0.3 is 14.5 Å². The number of hydrogen-bond donors (Lipinski definition) is 1. The van der Waals surface area contributed by atoms with Crippen LogP contribution in [-0.4, -0.2) is 53.2 Å². The number of hydrogen-bond acceptors (Lipinski definition) is 6. The zero-order valence-electron chi connectivity index (χ0n) is 14.2. The van der Waals surface area contributed by atoms with E-state index >= 15 is 0 Å². The Bertz CT molecular complexity index is 744. The standard InChI is InChI=1S/C19H23N5O/c20-18-24(13-19(25-18)12-23-10-8-15(19)9-11-23)17-7-6-16(21-22-17)14-4-2-1-3-5-14/h1-7,15,18H,8-13,20H2. The van der Waals surface area contributed by atoms with Crippen molar-refractivity contribution in [1.29, 1.82) is 0 Å². The number of rotatable bonds is 2. The molecule has 0 aliphatic carbocycles. The van der Waals surface area contributed by atoms with E-state index in [1.807, 2.05) is 42.5 Å². The number of nitrogens with two attached hydrogens (primary N) is 1. The van der Waals surface area contributed by atoms with Gasteiger partial charge in [0.05, 0.1) is 12.2 Å². The summed E-state index contributed by atoms with van der Waals surface area (Å²) in [7, 11) is 0. The normalized spacial score (nSPS) is 34.0. The Morgan fingerprint density at radius 3 is 2.44 bits per heavy atom. The minimum Gasteiger partial charge on any atom is -0.335 e. The van der Waals surface area contributed by atoms with Crippen LogP contribution in [0.5, 0.6) is 0 Å². The van der Waals surface area contributed by atoms with Crippen LogP contribution in [0.1, 0.15) is 12.8 Å². The fraction of sp³-hybridized carbons (Fsp3) is 0.474. The molecule has 0 amide bonds. The first-order chi connectivity index (χ1) is 12.2. The molecule has 0 saturated carbocycles. The lowest BCUT2D eigenvalue weighted by Gasteiger charge is -2.50. The van der Waals surface area contributed by atoms with E-state index in [1.54, 1.807) is 0 Å². The van der Waals surface area contributed by atoms with E-state index in [4.69, 9.17) is 10.5 Å². The van der Waals surface area contributed by atoms with Gasteiger partial charge in [-0.1, -0.05) is 30.3 Å². The Kier molecular flexibility index (Phi) is 3.51. The number of benzene rings is 1. The molecule has 4 fully saturated rings. The molecule has 130 valence electrons. The predicted octanol–water partition coefficient (Wildman–Crippen LogP) is 1.69. The summed E-state index contributed by atoms with van der Waals surface area (Å²) in [6, 6.07) is 14.1. The van der Waals surface area contributed by atoms with Crippen LogP contribution >= 0.6 is 0 Å². The van der Waals surface area contributed by atoms with Crippen molar-refractivity contribution in [1.82, 2.24) is 15.1 Å². The van der Waals surface area contributed by atoms with Gasteiger partial charge >= 0.3 is 0 Å². The largest absolute Gasteiger partial charge is 0.335 e. The Labute approximate surface area is 147 Å². The van der Waals surface area contributed by atoms with E-state index in [2.05, 4.69) is 20.0 Å². The third-order valence-electron chi connectivity index (χ3n) is 5.94. The van der Waals surface area contributed by atoms with Crippen LogP contribution in [0.4, 0.5) is 5.82 Å². The van der Waals surface area contributed by atoms with Gasteiger partial charge in [-0.3, -0.25) is 5.73 Å². The number of piperidine rings is 3. The van der Waals surface area contributed by atoms with Gasteiger partial charge in [0.2, 0.25) is 0 Å². The Morgan fingerprint density at radius 2 is 1.80 bits per heavy atom. The zero-order valence-corrected chi connectivity index (χ0v) is 14.2. The van der Waals surface area contributed by atoms with Crippen LogP contribution in [0, 0.1) is 5.92 Å². The number of fused-ring (bicyclic) bond motifs is 2. The summed E-state index contributed by atoms with van der Waals surface area (Å²) in [6.45, 7) is 4.17. The lowest BCUT2D eigenvalue weighted by Crippen LogP contribution is -2.61. The Morgan fingerprint density at radius 1 is 1.00 bits per heavy atom. The van der Waals surface area contributed by atoms with Crippen LogP contribution in [0.3, 0.4) is 0 Å². The molecule has 6 rings (SSSR count). The summed E-state index contributed by atoms with van der Waals surface area (Å²) in [6.07, 6.45) is 1.97. The number of aromatic nitrogens is 2. The second-order valence-electron chi connectivity index (χ2n) is 7.39. The topological polar surface area (TPSA) is 67.5 Å². The highest BCUT2D eigenvalue weighted by Crippen LogP contribution is 2.43. The van der Waals surface area contributed by atoms with Crippen LogP contribution in [0.15, 0.2) is 42.5 Å². The second-order valence-corrected chi connectivity index (χ2v) is 7.39. The molecule has 2 N–H and O–H groups in total. The highest BCUT2D eigenvalue weighted by Gasteiger charge is 2.54. The average Bonchev–Trinajstić information content (AvgIpc) is 2.99. The molecule has 4 saturated heterocycles. The van der Waals surface area contributed by atoms with Crippen LogP contribution < -0.4 is 10.6 Å². The summed E-state index contributed by atoms with van der Waals surface area (Å²) >= 11 is 0. The maximum Gasteiger partial charge on any atom is 0.186 e. The molecule has 2 bridgehead atoms. The third-order valence-corrected chi connectivity index (χ3v) is 5.94. The minimum absolute atomic E-state index is 0.143.